The van der Waals surface area contributed by atoms with Gasteiger partial charge < -0.3 is 5.11 Å². The van der Waals surface area contributed by atoms with E-state index in [1.54, 1.807) is 30.3 Å². The number of aromatic hydroxyl groups is 1. The van der Waals surface area contributed by atoms with Crippen LogP contribution >= 0.6 is 11.6 Å². The van der Waals surface area contributed by atoms with Crippen molar-refractivity contribution < 1.29 is 9.90 Å². The lowest BCUT2D eigenvalue weighted by Gasteiger charge is -1.96. The number of allylic oxidation sites excluding steroid dienone is 1. The van der Waals surface area contributed by atoms with E-state index in [0.717, 1.165) is 5.56 Å². The monoisotopic (exact) mass is 286 g/mol. The van der Waals surface area contributed by atoms with E-state index in [-0.39, 0.29) is 5.56 Å². The summed E-state index contributed by atoms with van der Waals surface area (Å²) >= 11 is 5.76. The maximum atomic E-state index is 12.0. The first-order valence-electron chi connectivity index (χ1n) is 5.88. The van der Waals surface area contributed by atoms with Gasteiger partial charge in [0.15, 0.2) is 11.5 Å². The summed E-state index contributed by atoms with van der Waals surface area (Å²) in [4.78, 5) is 23.4. The Morgan fingerprint density at radius 2 is 1.70 bits per heavy atom. The van der Waals surface area contributed by atoms with Gasteiger partial charge >= 0.3 is 0 Å². The van der Waals surface area contributed by atoms with Crippen molar-refractivity contribution >= 4 is 23.5 Å². The highest BCUT2D eigenvalue weighted by Gasteiger charge is 2.09. The quantitative estimate of drug-likeness (QED) is 0.696. The van der Waals surface area contributed by atoms with E-state index in [1.165, 1.54) is 30.3 Å². The van der Waals surface area contributed by atoms with Crippen LogP contribution in [0.3, 0.4) is 0 Å². The minimum atomic E-state index is -0.585. The number of hydrogen-bond acceptors (Lipinski definition) is 3. The van der Waals surface area contributed by atoms with Crippen molar-refractivity contribution in [1.29, 1.82) is 0 Å². The van der Waals surface area contributed by atoms with Crippen LogP contribution in [0.15, 0.2) is 59.4 Å². The van der Waals surface area contributed by atoms with Crippen LogP contribution in [0.2, 0.25) is 5.02 Å². The molecule has 20 heavy (non-hydrogen) atoms. The Bertz CT molecular complexity index is 718. The van der Waals surface area contributed by atoms with E-state index >= 15 is 0 Å². The first kappa shape index (κ1) is 14.0. The summed E-state index contributed by atoms with van der Waals surface area (Å²) in [5, 5.41) is 10.3. The molecule has 3 nitrogen and oxygen atoms in total. The topological polar surface area (TPSA) is 54.4 Å². The molecule has 100 valence electrons. The Morgan fingerprint density at radius 1 is 1.05 bits per heavy atom. The average molecular weight is 287 g/mol. The predicted molar refractivity (Wildman–Crippen MR) is 79.2 cm³/mol. The highest BCUT2D eigenvalue weighted by Crippen LogP contribution is 2.14. The molecule has 1 N–H and O–H groups in total. The third kappa shape index (κ3) is 3.33. The largest absolute Gasteiger partial charge is 0.504 e. The van der Waals surface area contributed by atoms with Gasteiger partial charge in [-0.1, -0.05) is 41.9 Å². The molecule has 2 aromatic carbocycles. The van der Waals surface area contributed by atoms with Gasteiger partial charge in [-0.25, -0.2) is 0 Å². The van der Waals surface area contributed by atoms with Crippen LogP contribution in [0.25, 0.3) is 6.08 Å². The summed E-state index contributed by atoms with van der Waals surface area (Å²) in [7, 11) is 0. The van der Waals surface area contributed by atoms with Crippen LogP contribution in [0.5, 0.6) is 5.75 Å². The van der Waals surface area contributed by atoms with Crippen LogP contribution < -0.4 is 5.43 Å². The molecule has 0 aliphatic carbocycles. The number of rotatable bonds is 3. The minimum Gasteiger partial charge on any atom is -0.504 e. The zero-order valence-corrected chi connectivity index (χ0v) is 11.2. The number of hydrogen-bond donors (Lipinski definition) is 1. The molecule has 0 atom stereocenters. The molecule has 0 amide bonds. The predicted octanol–water partition coefficient (Wildman–Crippen LogP) is 3.30. The van der Waals surface area contributed by atoms with Gasteiger partial charge in [-0.05, 0) is 35.9 Å². The number of benzene rings is 1. The molecule has 0 saturated carbocycles. The third-order valence-corrected chi connectivity index (χ3v) is 2.92. The van der Waals surface area contributed by atoms with Gasteiger partial charge in [0.2, 0.25) is 5.43 Å². The second kappa shape index (κ2) is 6.17. The maximum Gasteiger partial charge on any atom is 0.220 e. The summed E-state index contributed by atoms with van der Waals surface area (Å²) in [5.74, 6) is -0.980. The smallest absolute Gasteiger partial charge is 0.220 e. The lowest BCUT2D eigenvalue weighted by atomic mass is 10.1. The van der Waals surface area contributed by atoms with Gasteiger partial charge in [0.05, 0.1) is 5.56 Å². The second-order valence-corrected chi connectivity index (χ2v) is 4.53. The van der Waals surface area contributed by atoms with E-state index in [4.69, 9.17) is 11.6 Å². The SMILES string of the molecule is O=C(/C=C\c1ccc(Cl)cc1)c1ccccc(=O)c1O. The maximum absolute atomic E-state index is 12.0. The van der Waals surface area contributed by atoms with Gasteiger partial charge in [0.1, 0.15) is 0 Å². The first-order valence-corrected chi connectivity index (χ1v) is 6.26. The summed E-state index contributed by atoms with van der Waals surface area (Å²) in [5.41, 5.74) is 0.188. The normalized spacial score (nSPS) is 10.7. The van der Waals surface area contributed by atoms with Gasteiger partial charge in [0, 0.05) is 5.02 Å². The van der Waals surface area contributed by atoms with Gasteiger partial charge in [-0.2, -0.15) is 0 Å². The highest BCUT2D eigenvalue weighted by molar-refractivity contribution is 6.30. The minimum absolute atomic E-state index is 0.0230. The molecule has 0 heterocycles. The van der Waals surface area contributed by atoms with E-state index < -0.39 is 17.0 Å². The van der Waals surface area contributed by atoms with Crippen molar-refractivity contribution in [2.45, 2.75) is 0 Å². The Labute approximate surface area is 120 Å². The van der Waals surface area contributed by atoms with E-state index in [0.29, 0.717) is 5.02 Å². The van der Waals surface area contributed by atoms with Crippen LogP contribution in [-0.4, -0.2) is 10.9 Å². The Balaban J connectivity index is 2.30. The fourth-order valence-corrected chi connectivity index (χ4v) is 1.75. The average Bonchev–Trinajstić information content (AvgIpc) is 2.61. The fraction of sp³-hybridized carbons (Fsp3) is 0. The highest BCUT2D eigenvalue weighted by atomic mass is 35.5. The molecule has 0 radical (unpaired) electrons. The van der Waals surface area contributed by atoms with Crippen LogP contribution in [0, 0.1) is 0 Å². The van der Waals surface area contributed by atoms with Gasteiger partial charge in [-0.3, -0.25) is 9.59 Å². The molecule has 2 rings (SSSR count). The van der Waals surface area contributed by atoms with E-state index in [1.807, 2.05) is 0 Å². The number of ketones is 1. The number of carbonyl (C=O) groups is 1. The zero-order chi connectivity index (χ0) is 14.5. The standard InChI is InChI=1S/C16H11ClO3/c17-12-8-5-11(6-9-12)7-10-14(18)13-3-1-2-4-15(19)16(13)20/h1-10H,(H,19,20)/b10-7-. The van der Waals surface area contributed by atoms with E-state index in [2.05, 4.69) is 0 Å². The van der Waals surface area contributed by atoms with Crippen LogP contribution in [-0.2, 0) is 0 Å². The Kier molecular flexibility index (Phi) is 4.33. The molecule has 4 heteroatoms. The van der Waals surface area contributed by atoms with Crippen molar-refractivity contribution in [3.05, 3.63) is 81.0 Å². The molecule has 0 aromatic heterocycles. The number of carbonyl (C=O) groups excluding carboxylic acids is 1. The van der Waals surface area contributed by atoms with E-state index in [9.17, 15) is 14.7 Å². The second-order valence-electron chi connectivity index (χ2n) is 4.09. The molecule has 0 fully saturated rings. The zero-order valence-electron chi connectivity index (χ0n) is 10.4. The lowest BCUT2D eigenvalue weighted by molar-refractivity contribution is 0.104. The van der Waals surface area contributed by atoms with Crippen LogP contribution in [0.1, 0.15) is 15.9 Å². The molecule has 0 saturated heterocycles. The van der Waals surface area contributed by atoms with Crippen molar-refractivity contribution in [1.82, 2.24) is 0 Å². The molecular formula is C16H11ClO3. The van der Waals surface area contributed by atoms with Crippen molar-refractivity contribution in [2.75, 3.05) is 0 Å². The molecular weight excluding hydrogens is 276 g/mol. The first-order chi connectivity index (χ1) is 9.58. The Morgan fingerprint density at radius 3 is 2.40 bits per heavy atom. The van der Waals surface area contributed by atoms with Crippen molar-refractivity contribution in [3.8, 4) is 5.75 Å². The van der Waals surface area contributed by atoms with Crippen molar-refractivity contribution in [2.24, 2.45) is 0 Å². The summed E-state index contributed by atoms with van der Waals surface area (Å²) in [6.07, 6.45) is 2.90. The molecule has 0 aliphatic heterocycles. The third-order valence-electron chi connectivity index (χ3n) is 2.67. The van der Waals surface area contributed by atoms with Crippen molar-refractivity contribution in [3.63, 3.8) is 0 Å². The molecule has 0 aliphatic rings. The molecule has 0 spiro atoms. The van der Waals surface area contributed by atoms with Crippen LogP contribution in [0.4, 0.5) is 0 Å². The number of halogens is 1. The molecule has 0 unspecified atom stereocenters. The molecule has 2 aromatic rings. The van der Waals surface area contributed by atoms with Gasteiger partial charge in [-0.15, -0.1) is 0 Å². The fourth-order valence-electron chi connectivity index (χ4n) is 1.62. The summed E-state index contributed by atoms with van der Waals surface area (Å²) in [6.45, 7) is 0. The Hall–Kier alpha value is -2.39. The van der Waals surface area contributed by atoms with Gasteiger partial charge in [0.25, 0.3) is 0 Å². The summed E-state index contributed by atoms with van der Waals surface area (Å²) < 4.78 is 0. The molecule has 0 bridgehead atoms. The summed E-state index contributed by atoms with van der Waals surface area (Å²) in [6, 6.07) is 12.6. The lowest BCUT2D eigenvalue weighted by Crippen LogP contribution is -2.01.